The molecule has 10 unspecified atom stereocenters. The fourth-order valence-corrected chi connectivity index (χ4v) is 8.17. The summed E-state index contributed by atoms with van der Waals surface area (Å²) in [5, 5.41) is 18.9. The summed E-state index contributed by atoms with van der Waals surface area (Å²) in [6, 6.07) is 0. The number of unbranched alkanes of at least 4 members (excludes halogenated alkanes) is 4. The van der Waals surface area contributed by atoms with Crippen LogP contribution in [0.3, 0.4) is 0 Å². The van der Waals surface area contributed by atoms with Gasteiger partial charge in [0.25, 0.3) is 0 Å². The van der Waals surface area contributed by atoms with Crippen molar-refractivity contribution in [3.05, 3.63) is 97.2 Å². The maximum atomic E-state index is 12.3. The van der Waals surface area contributed by atoms with E-state index in [0.29, 0.717) is 37.6 Å². The maximum Gasteiger partial charge on any atom is 0.347 e. The van der Waals surface area contributed by atoms with Crippen LogP contribution in [0.2, 0.25) is 0 Å². The van der Waals surface area contributed by atoms with Crippen molar-refractivity contribution in [1.29, 1.82) is 0 Å². The summed E-state index contributed by atoms with van der Waals surface area (Å²) in [5.41, 5.74) is 0. The van der Waals surface area contributed by atoms with E-state index in [1.165, 1.54) is 55.4 Å². The first-order valence-electron chi connectivity index (χ1n) is 27.1. The molecule has 3 rings (SSSR count). The van der Waals surface area contributed by atoms with Gasteiger partial charge < -0.3 is 48.1 Å². The molecule has 3 aliphatic rings. The van der Waals surface area contributed by atoms with Gasteiger partial charge in [0, 0.05) is 34.3 Å². The van der Waals surface area contributed by atoms with Gasteiger partial charge in [0.2, 0.25) is 0 Å². The molecule has 0 aromatic heterocycles. The Morgan fingerprint density at radius 2 is 0.833 bits per heavy atom. The average molecular weight is 1100 g/mol. The summed E-state index contributed by atoms with van der Waals surface area (Å²) in [7, 11) is 0. The quantitative estimate of drug-likeness (QED) is 0.0295. The summed E-state index contributed by atoms with van der Waals surface area (Å²) >= 11 is 0. The molecule has 0 bridgehead atoms. The zero-order chi connectivity index (χ0) is 58.1. The van der Waals surface area contributed by atoms with Gasteiger partial charge in [-0.3, -0.25) is 19.2 Å². The highest BCUT2D eigenvalue weighted by atomic mass is 16.6. The Kier molecular flexibility index (Phi) is 38.0. The molecular formula is C60H88O18. The summed E-state index contributed by atoms with van der Waals surface area (Å²) in [5.74, 6) is -1.96. The van der Waals surface area contributed by atoms with Crippen LogP contribution in [0.25, 0.3) is 0 Å². The number of allylic oxidation sites excluding steroid dienone is 12. The van der Waals surface area contributed by atoms with Crippen LogP contribution in [0.4, 0.5) is 0 Å². The van der Waals surface area contributed by atoms with E-state index in [4.69, 9.17) is 28.4 Å². The van der Waals surface area contributed by atoms with Crippen LogP contribution in [0.15, 0.2) is 97.2 Å². The van der Waals surface area contributed by atoms with Crippen LogP contribution in [-0.2, 0) is 76.3 Å². The Morgan fingerprint density at radius 1 is 0.487 bits per heavy atom. The third-order valence-electron chi connectivity index (χ3n) is 12.2. The van der Waals surface area contributed by atoms with E-state index in [9.17, 15) is 48.6 Å². The van der Waals surface area contributed by atoms with Crippen LogP contribution >= 0.6 is 0 Å². The minimum atomic E-state index is -1.31. The Labute approximate surface area is 462 Å². The van der Waals surface area contributed by atoms with Crippen molar-refractivity contribution in [2.24, 2.45) is 35.5 Å². The van der Waals surface area contributed by atoms with Crippen molar-refractivity contribution in [2.45, 2.75) is 157 Å². The van der Waals surface area contributed by atoms with E-state index in [-0.39, 0.29) is 61.5 Å². The smallest absolute Gasteiger partial charge is 0.347 e. The van der Waals surface area contributed by atoms with E-state index < -0.39 is 48.3 Å². The third-order valence-corrected chi connectivity index (χ3v) is 12.2. The second-order valence-electron chi connectivity index (χ2n) is 19.2. The number of esters is 8. The average Bonchev–Trinajstić information content (AvgIpc) is 3.98. The largest absolute Gasteiger partial charge is 0.463 e. The summed E-state index contributed by atoms with van der Waals surface area (Å²) in [6.07, 6.45) is 40.7. The fraction of sp³-hybridized carbons (Fsp3) is 0.600. The van der Waals surface area contributed by atoms with Crippen LogP contribution in [0.5, 0.6) is 0 Å². The van der Waals surface area contributed by atoms with Crippen LogP contribution in [0, 0.1) is 35.5 Å². The van der Waals surface area contributed by atoms with Crippen LogP contribution < -0.4 is 0 Å². The molecule has 0 radical (unpaired) electrons. The Morgan fingerprint density at radius 3 is 1.21 bits per heavy atom. The highest BCUT2D eigenvalue weighted by Gasteiger charge is 2.34. The highest BCUT2D eigenvalue weighted by Crippen LogP contribution is 2.39. The van der Waals surface area contributed by atoms with Crippen LogP contribution in [-0.4, -0.2) is 122 Å². The monoisotopic (exact) mass is 1100 g/mol. The summed E-state index contributed by atoms with van der Waals surface area (Å²) in [6.45, 7) is 12.7. The number of ether oxygens (including phenoxy) is 8. The zero-order valence-corrected chi connectivity index (χ0v) is 47.2. The van der Waals surface area contributed by atoms with Gasteiger partial charge in [0.1, 0.15) is 32.5 Å². The standard InChI is InChI=1S/C30H44O9.C24H36O5.C6H8O4/c1-22(31)29(34)39-23(2)30(35)38-21-28-20-26(19-27(28)16-14-18-37-25(4)33)15-12-10-8-6-5-7-9-11-13-17-36-24(3)32;1-20(26)28-15-11-9-7-5-3-4-6-8-10-13-22-17-23(24(18-22)19-25)14-12-16-29-21(2)27;1-3-5(7)10-4(2)6(8)9-3/h5-6,11-16,22-23,26-28,31H,7-10,17-21H2,1-4H3;3-4,9-14,22-25H,5-8,15-19H2,1-2H3;3-4H,1-2H3. The molecule has 3 fully saturated rings. The van der Waals surface area contributed by atoms with Gasteiger partial charge in [-0.2, -0.15) is 0 Å². The summed E-state index contributed by atoms with van der Waals surface area (Å²) < 4.78 is 39.1. The van der Waals surface area contributed by atoms with Crippen molar-refractivity contribution in [3.63, 3.8) is 0 Å². The molecule has 2 saturated carbocycles. The Balaban J connectivity index is 0.000000678. The minimum absolute atomic E-state index is 0.0747. The number of aliphatic hydroxyl groups is 2. The summed E-state index contributed by atoms with van der Waals surface area (Å²) in [4.78, 5) is 88.2. The van der Waals surface area contributed by atoms with Crippen molar-refractivity contribution < 1.29 is 86.5 Å². The second kappa shape index (κ2) is 42.6. The zero-order valence-electron chi connectivity index (χ0n) is 47.2. The predicted octanol–water partition coefficient (Wildman–Crippen LogP) is 8.79. The number of carbonyl (C=O) groups is 8. The molecule has 2 aliphatic carbocycles. The van der Waals surface area contributed by atoms with E-state index >= 15 is 0 Å². The fourth-order valence-electron chi connectivity index (χ4n) is 8.17. The van der Waals surface area contributed by atoms with Gasteiger partial charge in [0.05, 0.1) is 6.61 Å². The molecule has 18 heteroatoms. The molecule has 0 aromatic rings. The number of hydrogen-bond donors (Lipinski definition) is 2. The Hall–Kier alpha value is -6.40. The van der Waals surface area contributed by atoms with Gasteiger partial charge >= 0.3 is 47.8 Å². The number of cyclic esters (lactones) is 2. The molecule has 1 aliphatic heterocycles. The van der Waals surface area contributed by atoms with Crippen molar-refractivity contribution in [3.8, 4) is 0 Å². The van der Waals surface area contributed by atoms with E-state index in [0.717, 1.165) is 77.0 Å². The van der Waals surface area contributed by atoms with E-state index in [1.807, 2.05) is 42.5 Å². The first kappa shape index (κ1) is 69.6. The van der Waals surface area contributed by atoms with E-state index in [1.54, 1.807) is 0 Å². The molecule has 78 heavy (non-hydrogen) atoms. The second-order valence-corrected chi connectivity index (χ2v) is 19.2. The lowest BCUT2D eigenvalue weighted by Gasteiger charge is -2.22. The Bertz CT molecular complexity index is 2040. The molecule has 0 aromatic carbocycles. The van der Waals surface area contributed by atoms with Crippen molar-refractivity contribution in [1.82, 2.24) is 0 Å². The van der Waals surface area contributed by atoms with Crippen LogP contribution in [0.1, 0.15) is 132 Å². The molecule has 0 spiro atoms. The lowest BCUT2D eigenvalue weighted by atomic mass is 9.96. The molecule has 436 valence electrons. The third kappa shape index (κ3) is 35.1. The topological polar surface area (TPSA) is 251 Å². The normalized spacial score (nSPS) is 23.1. The van der Waals surface area contributed by atoms with Gasteiger partial charge in [-0.25, -0.2) is 19.2 Å². The highest BCUT2D eigenvalue weighted by molar-refractivity contribution is 5.86. The number of aliphatic hydroxyl groups excluding tert-OH is 2. The molecular weight excluding hydrogens is 1010 g/mol. The predicted molar refractivity (Wildman–Crippen MR) is 292 cm³/mol. The SMILES string of the molecule is CC(=O)OCC=CCCC=CCCC=CC1CC(C=CCOC(C)=O)C(CO)C1.CC(=O)OCC=CCCC=CCCC=CC1CC(C=CCOC(C)=O)C(COC(=O)C(C)OC(=O)C(C)O)C1.CC1OC(=O)C(C)OC1=O. The lowest BCUT2D eigenvalue weighted by Crippen LogP contribution is -2.40. The molecule has 1 saturated heterocycles. The number of rotatable bonds is 30. The molecule has 1 heterocycles. The molecule has 18 nitrogen and oxygen atoms in total. The van der Waals surface area contributed by atoms with Gasteiger partial charge in [0.15, 0.2) is 18.3 Å². The van der Waals surface area contributed by atoms with E-state index in [2.05, 4.69) is 64.2 Å². The minimum Gasteiger partial charge on any atom is -0.463 e. The maximum absolute atomic E-state index is 12.3. The first-order chi connectivity index (χ1) is 37.2. The lowest BCUT2D eigenvalue weighted by molar-refractivity contribution is -0.191. The molecule has 10 atom stereocenters. The number of carbonyl (C=O) groups excluding carboxylic acids is 8. The van der Waals surface area contributed by atoms with Crippen molar-refractivity contribution >= 4 is 47.8 Å². The first-order valence-corrected chi connectivity index (χ1v) is 27.1. The molecule has 0 amide bonds. The van der Waals surface area contributed by atoms with Gasteiger partial charge in [-0.05, 0) is 140 Å². The van der Waals surface area contributed by atoms with Crippen molar-refractivity contribution in [2.75, 3.05) is 39.6 Å². The molecule has 2 N–H and O–H groups in total. The van der Waals surface area contributed by atoms with Gasteiger partial charge in [-0.1, -0.05) is 97.2 Å². The number of hydrogen-bond acceptors (Lipinski definition) is 18. The van der Waals surface area contributed by atoms with Gasteiger partial charge in [-0.15, -0.1) is 0 Å².